The average molecular weight is 377 g/mol. The van der Waals surface area contributed by atoms with Crippen molar-refractivity contribution in [3.63, 3.8) is 0 Å². The number of esters is 1. The molecule has 0 saturated carbocycles. The molecule has 1 N–H and O–H groups in total. The number of ether oxygens (including phenoxy) is 1. The molecule has 23 heavy (non-hydrogen) atoms. The molecule has 0 aliphatic carbocycles. The lowest BCUT2D eigenvalue weighted by molar-refractivity contribution is -0.119. The highest BCUT2D eigenvalue weighted by molar-refractivity contribution is 6.36. The molecule has 0 aromatic heterocycles. The second kappa shape index (κ2) is 7.64. The molecule has 0 unspecified atom stereocenters. The van der Waals surface area contributed by atoms with Crippen molar-refractivity contribution in [3.8, 4) is 0 Å². The summed E-state index contributed by atoms with van der Waals surface area (Å²) in [5.74, 6) is -2.31. The maximum atomic E-state index is 13.4. The Bertz CT molecular complexity index is 750. The second-order valence-electron chi connectivity index (χ2n) is 4.38. The van der Waals surface area contributed by atoms with Crippen LogP contribution in [0.1, 0.15) is 10.4 Å². The van der Waals surface area contributed by atoms with Crippen molar-refractivity contribution in [2.75, 3.05) is 11.9 Å². The van der Waals surface area contributed by atoms with Gasteiger partial charge in [0.15, 0.2) is 6.61 Å². The summed E-state index contributed by atoms with van der Waals surface area (Å²) in [5, 5.41) is 2.74. The van der Waals surface area contributed by atoms with Gasteiger partial charge in [-0.05, 0) is 36.4 Å². The van der Waals surface area contributed by atoms with E-state index in [-0.39, 0.29) is 15.6 Å². The van der Waals surface area contributed by atoms with Crippen LogP contribution in [-0.2, 0) is 9.53 Å². The summed E-state index contributed by atoms with van der Waals surface area (Å²) in [4.78, 5) is 23.5. The van der Waals surface area contributed by atoms with Gasteiger partial charge >= 0.3 is 5.97 Å². The minimum atomic E-state index is -0.933. The lowest BCUT2D eigenvalue weighted by atomic mass is 10.2. The molecule has 120 valence electrons. The third kappa shape index (κ3) is 4.82. The molecule has 2 aromatic rings. The zero-order valence-electron chi connectivity index (χ0n) is 11.4. The van der Waals surface area contributed by atoms with Crippen molar-refractivity contribution >= 4 is 52.4 Å². The van der Waals surface area contributed by atoms with Gasteiger partial charge in [-0.25, -0.2) is 9.18 Å². The van der Waals surface area contributed by atoms with Crippen LogP contribution >= 0.6 is 34.8 Å². The van der Waals surface area contributed by atoms with Crippen LogP contribution in [0.3, 0.4) is 0 Å². The van der Waals surface area contributed by atoms with Gasteiger partial charge in [-0.1, -0.05) is 34.8 Å². The van der Waals surface area contributed by atoms with Crippen LogP contribution < -0.4 is 5.32 Å². The summed E-state index contributed by atoms with van der Waals surface area (Å²) < 4.78 is 18.1. The summed E-state index contributed by atoms with van der Waals surface area (Å²) in [6.45, 7) is -0.554. The molecule has 1 amide bonds. The Balaban J connectivity index is 1.95. The number of benzene rings is 2. The van der Waals surface area contributed by atoms with Gasteiger partial charge in [-0.3, -0.25) is 4.79 Å². The van der Waals surface area contributed by atoms with Crippen LogP contribution in [0.15, 0.2) is 36.4 Å². The fraction of sp³-hybridized carbons (Fsp3) is 0.0667. The number of carbonyl (C=O) groups excluding carboxylic acids is 2. The first-order chi connectivity index (χ1) is 10.9. The second-order valence-corrected chi connectivity index (χ2v) is 5.63. The zero-order chi connectivity index (χ0) is 17.0. The highest BCUT2D eigenvalue weighted by atomic mass is 35.5. The van der Waals surface area contributed by atoms with Crippen molar-refractivity contribution in [2.45, 2.75) is 0 Å². The standard InChI is InChI=1S/C15H9Cl3FNO3/c16-8-1-3-9(4-2-8)20-14(21)7-23-15(22)10-5-13(19)12(18)6-11(10)17/h1-6H,7H2,(H,20,21). The van der Waals surface area contributed by atoms with Gasteiger partial charge in [-0.15, -0.1) is 0 Å². The van der Waals surface area contributed by atoms with Crippen molar-refractivity contribution in [1.82, 2.24) is 0 Å². The van der Waals surface area contributed by atoms with Crippen LogP contribution in [0.5, 0.6) is 0 Å². The number of halogens is 4. The fourth-order valence-electron chi connectivity index (χ4n) is 1.62. The molecule has 0 fully saturated rings. The van der Waals surface area contributed by atoms with E-state index >= 15 is 0 Å². The Morgan fingerprint density at radius 1 is 1.04 bits per heavy atom. The van der Waals surface area contributed by atoms with Crippen molar-refractivity contribution in [1.29, 1.82) is 0 Å². The summed E-state index contributed by atoms with van der Waals surface area (Å²) in [6.07, 6.45) is 0. The Hall–Kier alpha value is -1.82. The normalized spacial score (nSPS) is 10.3. The van der Waals surface area contributed by atoms with Crippen molar-refractivity contribution < 1.29 is 18.7 Å². The maximum absolute atomic E-state index is 13.4. The van der Waals surface area contributed by atoms with Gasteiger partial charge in [0.1, 0.15) is 5.82 Å². The Kier molecular flexibility index (Phi) is 5.82. The van der Waals surface area contributed by atoms with Gasteiger partial charge in [0.25, 0.3) is 5.91 Å². The first-order valence-corrected chi connectivity index (χ1v) is 7.37. The van der Waals surface area contributed by atoms with E-state index in [1.807, 2.05) is 0 Å². The number of nitrogens with one attached hydrogen (secondary N) is 1. The first-order valence-electron chi connectivity index (χ1n) is 6.24. The van der Waals surface area contributed by atoms with Gasteiger partial charge in [-0.2, -0.15) is 0 Å². The summed E-state index contributed by atoms with van der Waals surface area (Å²) >= 11 is 17.0. The summed E-state index contributed by atoms with van der Waals surface area (Å²) in [6, 6.07) is 8.31. The van der Waals surface area contributed by atoms with Crippen LogP contribution in [0.4, 0.5) is 10.1 Å². The number of amides is 1. The minimum absolute atomic E-state index is 0.0699. The molecular weight excluding hydrogens is 368 g/mol. The number of carbonyl (C=O) groups is 2. The molecule has 0 aliphatic heterocycles. The molecule has 0 heterocycles. The van der Waals surface area contributed by atoms with E-state index in [1.165, 1.54) is 0 Å². The molecule has 4 nitrogen and oxygen atoms in total. The molecule has 0 radical (unpaired) electrons. The lowest BCUT2D eigenvalue weighted by Crippen LogP contribution is -2.21. The Labute approximate surface area is 146 Å². The third-order valence-corrected chi connectivity index (χ3v) is 3.55. The first kappa shape index (κ1) is 17.5. The van der Waals surface area contributed by atoms with E-state index < -0.39 is 24.3 Å². The number of anilines is 1. The molecule has 0 aliphatic rings. The van der Waals surface area contributed by atoms with Crippen LogP contribution in [-0.4, -0.2) is 18.5 Å². The number of hydrogen-bond acceptors (Lipinski definition) is 3. The van der Waals surface area contributed by atoms with Crippen LogP contribution in [0.2, 0.25) is 15.1 Å². The van der Waals surface area contributed by atoms with E-state index in [4.69, 9.17) is 39.5 Å². The molecule has 0 saturated heterocycles. The predicted octanol–water partition coefficient (Wildman–Crippen LogP) is 4.58. The summed E-state index contributed by atoms with van der Waals surface area (Å²) in [7, 11) is 0. The van der Waals surface area contributed by atoms with Gasteiger partial charge < -0.3 is 10.1 Å². The maximum Gasteiger partial charge on any atom is 0.340 e. The largest absolute Gasteiger partial charge is 0.452 e. The van der Waals surface area contributed by atoms with Gasteiger partial charge in [0, 0.05) is 10.7 Å². The van der Waals surface area contributed by atoms with E-state index in [0.29, 0.717) is 10.7 Å². The summed E-state index contributed by atoms with van der Waals surface area (Å²) in [5.41, 5.74) is 0.277. The highest BCUT2D eigenvalue weighted by Crippen LogP contribution is 2.24. The van der Waals surface area contributed by atoms with E-state index in [2.05, 4.69) is 5.32 Å². The third-order valence-electron chi connectivity index (χ3n) is 2.69. The highest BCUT2D eigenvalue weighted by Gasteiger charge is 2.16. The monoisotopic (exact) mass is 375 g/mol. The van der Waals surface area contributed by atoms with Crippen molar-refractivity contribution in [3.05, 3.63) is 62.8 Å². The van der Waals surface area contributed by atoms with Gasteiger partial charge in [0.2, 0.25) is 0 Å². The van der Waals surface area contributed by atoms with E-state index in [9.17, 15) is 14.0 Å². The van der Waals surface area contributed by atoms with Crippen LogP contribution in [0, 0.1) is 5.82 Å². The predicted molar refractivity (Wildman–Crippen MR) is 86.8 cm³/mol. The molecule has 8 heteroatoms. The van der Waals surface area contributed by atoms with Gasteiger partial charge in [0.05, 0.1) is 15.6 Å². The Morgan fingerprint density at radius 3 is 2.35 bits per heavy atom. The zero-order valence-corrected chi connectivity index (χ0v) is 13.7. The lowest BCUT2D eigenvalue weighted by Gasteiger charge is -2.08. The smallest absolute Gasteiger partial charge is 0.340 e. The number of hydrogen-bond donors (Lipinski definition) is 1. The SMILES string of the molecule is O=C(COC(=O)c1cc(F)c(Cl)cc1Cl)Nc1ccc(Cl)cc1. The van der Waals surface area contributed by atoms with Crippen LogP contribution in [0.25, 0.3) is 0 Å². The quantitative estimate of drug-likeness (QED) is 0.627. The van der Waals surface area contributed by atoms with E-state index in [0.717, 1.165) is 12.1 Å². The molecule has 0 bridgehead atoms. The van der Waals surface area contributed by atoms with E-state index in [1.54, 1.807) is 24.3 Å². The fourth-order valence-corrected chi connectivity index (χ4v) is 2.20. The molecule has 0 spiro atoms. The number of rotatable bonds is 4. The molecule has 0 atom stereocenters. The molecule has 2 rings (SSSR count). The minimum Gasteiger partial charge on any atom is -0.452 e. The molecule has 2 aromatic carbocycles. The topological polar surface area (TPSA) is 55.4 Å². The Morgan fingerprint density at radius 2 is 1.70 bits per heavy atom. The van der Waals surface area contributed by atoms with Crippen molar-refractivity contribution in [2.24, 2.45) is 0 Å². The molecular formula is C15H9Cl3FNO3. The average Bonchev–Trinajstić information content (AvgIpc) is 2.51.